The first-order valence-electron chi connectivity index (χ1n) is 5.16. The molecule has 0 fully saturated rings. The summed E-state index contributed by atoms with van der Waals surface area (Å²) in [5, 5.41) is 5.60. The van der Waals surface area contributed by atoms with E-state index >= 15 is 0 Å². The highest BCUT2D eigenvalue weighted by Gasteiger charge is 2.15. The molecule has 0 saturated heterocycles. The lowest BCUT2D eigenvalue weighted by Crippen LogP contribution is -2.22. The third-order valence-corrected chi connectivity index (χ3v) is 4.52. The third-order valence-electron chi connectivity index (χ3n) is 2.47. The van der Waals surface area contributed by atoms with Gasteiger partial charge in [-0.1, -0.05) is 0 Å². The van der Waals surface area contributed by atoms with Crippen LogP contribution in [-0.2, 0) is 0 Å². The second kappa shape index (κ2) is 5.12. The number of H-pyrrole nitrogens is 1. The van der Waals surface area contributed by atoms with Crippen molar-refractivity contribution in [2.45, 2.75) is 25.9 Å². The molecule has 16 heavy (non-hydrogen) atoms. The summed E-state index contributed by atoms with van der Waals surface area (Å²) in [6, 6.07) is 2.61. The van der Waals surface area contributed by atoms with E-state index in [1.165, 1.54) is 9.35 Å². The van der Waals surface area contributed by atoms with Crippen LogP contribution >= 0.6 is 27.3 Å². The number of thiophene rings is 1. The second-order valence-electron chi connectivity index (χ2n) is 3.72. The maximum Gasteiger partial charge on any atom is 0.122 e. The van der Waals surface area contributed by atoms with Gasteiger partial charge in [-0.05, 0) is 41.2 Å². The normalized spacial score (nSPS) is 14.9. The summed E-state index contributed by atoms with van der Waals surface area (Å²) < 4.78 is 1.17. The van der Waals surface area contributed by atoms with Gasteiger partial charge in [0.25, 0.3) is 0 Å². The van der Waals surface area contributed by atoms with Crippen LogP contribution in [0.2, 0.25) is 0 Å². The molecule has 86 valence electrons. The minimum Gasteiger partial charge on any atom is -0.347 e. The van der Waals surface area contributed by atoms with Gasteiger partial charge >= 0.3 is 0 Å². The van der Waals surface area contributed by atoms with Gasteiger partial charge in [0.05, 0.1) is 6.04 Å². The number of halogens is 1. The van der Waals surface area contributed by atoms with E-state index in [4.69, 9.17) is 0 Å². The van der Waals surface area contributed by atoms with Crippen molar-refractivity contribution in [2.75, 3.05) is 0 Å². The third kappa shape index (κ3) is 2.53. The molecule has 2 aromatic heterocycles. The largest absolute Gasteiger partial charge is 0.347 e. The molecule has 0 spiro atoms. The van der Waals surface area contributed by atoms with Crippen LogP contribution in [0, 0.1) is 0 Å². The quantitative estimate of drug-likeness (QED) is 0.905. The van der Waals surface area contributed by atoms with E-state index in [1.807, 2.05) is 6.20 Å². The summed E-state index contributed by atoms with van der Waals surface area (Å²) in [4.78, 5) is 8.68. The number of imidazole rings is 1. The smallest absolute Gasteiger partial charge is 0.122 e. The number of rotatable bonds is 4. The number of nitrogens with one attached hydrogen (secondary N) is 2. The molecule has 2 rings (SSSR count). The van der Waals surface area contributed by atoms with Gasteiger partial charge in [0.1, 0.15) is 5.82 Å². The topological polar surface area (TPSA) is 40.7 Å². The molecule has 0 aromatic carbocycles. The van der Waals surface area contributed by atoms with Crippen LogP contribution < -0.4 is 5.32 Å². The van der Waals surface area contributed by atoms with Crippen LogP contribution in [0.1, 0.15) is 36.6 Å². The van der Waals surface area contributed by atoms with Gasteiger partial charge < -0.3 is 10.3 Å². The zero-order chi connectivity index (χ0) is 11.5. The van der Waals surface area contributed by atoms with Crippen molar-refractivity contribution >= 4 is 27.3 Å². The molecule has 2 aromatic rings. The summed E-state index contributed by atoms with van der Waals surface area (Å²) in [7, 11) is 0. The Bertz CT molecular complexity index is 438. The maximum atomic E-state index is 4.25. The van der Waals surface area contributed by atoms with E-state index < -0.39 is 0 Å². The first-order valence-corrected chi connectivity index (χ1v) is 6.84. The molecule has 2 heterocycles. The van der Waals surface area contributed by atoms with Crippen molar-refractivity contribution in [3.05, 3.63) is 39.0 Å². The van der Waals surface area contributed by atoms with Gasteiger partial charge in [0.15, 0.2) is 0 Å². The molecule has 0 saturated carbocycles. The molecule has 2 N–H and O–H groups in total. The van der Waals surface area contributed by atoms with Crippen LogP contribution in [0.3, 0.4) is 0 Å². The van der Waals surface area contributed by atoms with Crippen molar-refractivity contribution in [3.63, 3.8) is 0 Å². The van der Waals surface area contributed by atoms with Crippen LogP contribution in [-0.4, -0.2) is 9.97 Å². The van der Waals surface area contributed by atoms with Gasteiger partial charge in [-0.25, -0.2) is 4.98 Å². The van der Waals surface area contributed by atoms with Crippen LogP contribution in [0.25, 0.3) is 0 Å². The van der Waals surface area contributed by atoms with Crippen molar-refractivity contribution in [2.24, 2.45) is 0 Å². The predicted octanol–water partition coefficient (Wildman–Crippen LogP) is 3.65. The molecule has 0 aliphatic rings. The van der Waals surface area contributed by atoms with Crippen LogP contribution in [0.5, 0.6) is 0 Å². The Morgan fingerprint density at radius 3 is 2.81 bits per heavy atom. The zero-order valence-electron chi connectivity index (χ0n) is 9.20. The molecule has 0 aliphatic carbocycles. The molecular formula is C11H14BrN3S. The summed E-state index contributed by atoms with van der Waals surface area (Å²) in [5.74, 6) is 0.972. The highest BCUT2D eigenvalue weighted by atomic mass is 79.9. The molecule has 0 aliphatic heterocycles. The van der Waals surface area contributed by atoms with Crippen LogP contribution in [0.15, 0.2) is 28.3 Å². The molecule has 2 atom stereocenters. The lowest BCUT2D eigenvalue weighted by atomic mass is 10.2. The summed E-state index contributed by atoms with van der Waals surface area (Å²) in [6.07, 6.45) is 3.62. The Morgan fingerprint density at radius 1 is 1.44 bits per heavy atom. The molecule has 2 unspecified atom stereocenters. The minimum absolute atomic E-state index is 0.221. The SMILES string of the molecule is CC(NC(C)c1sccc1Br)c1ncc[nH]1. The average molecular weight is 300 g/mol. The number of aromatic amines is 1. The second-order valence-corrected chi connectivity index (χ2v) is 5.52. The Labute approximate surface area is 107 Å². The summed E-state index contributed by atoms with van der Waals surface area (Å²) in [5.41, 5.74) is 0. The predicted molar refractivity (Wildman–Crippen MR) is 70.6 cm³/mol. The van der Waals surface area contributed by atoms with Crippen LogP contribution in [0.4, 0.5) is 0 Å². The molecule has 3 nitrogen and oxygen atoms in total. The molecular weight excluding hydrogens is 286 g/mol. The molecule has 5 heteroatoms. The van der Waals surface area contributed by atoms with Crippen molar-refractivity contribution in [1.29, 1.82) is 0 Å². The van der Waals surface area contributed by atoms with E-state index in [1.54, 1.807) is 17.5 Å². The maximum absolute atomic E-state index is 4.25. The fraction of sp³-hybridized carbons (Fsp3) is 0.364. The summed E-state index contributed by atoms with van der Waals surface area (Å²) in [6.45, 7) is 4.27. The lowest BCUT2D eigenvalue weighted by molar-refractivity contribution is 0.483. The lowest BCUT2D eigenvalue weighted by Gasteiger charge is -2.17. The van der Waals surface area contributed by atoms with E-state index in [-0.39, 0.29) is 6.04 Å². The van der Waals surface area contributed by atoms with Crippen molar-refractivity contribution in [1.82, 2.24) is 15.3 Å². The monoisotopic (exact) mass is 299 g/mol. The zero-order valence-corrected chi connectivity index (χ0v) is 11.6. The fourth-order valence-electron chi connectivity index (χ4n) is 1.66. The Kier molecular flexibility index (Phi) is 3.78. The van der Waals surface area contributed by atoms with Gasteiger partial charge in [-0.2, -0.15) is 0 Å². The first kappa shape index (κ1) is 11.8. The number of aromatic nitrogens is 2. The Balaban J connectivity index is 2.03. The van der Waals surface area contributed by atoms with Gasteiger partial charge in [0, 0.05) is 27.8 Å². The van der Waals surface area contributed by atoms with Gasteiger partial charge in [-0.15, -0.1) is 11.3 Å². The van der Waals surface area contributed by atoms with Gasteiger partial charge in [-0.3, -0.25) is 0 Å². The Hall–Kier alpha value is -0.650. The number of hydrogen-bond acceptors (Lipinski definition) is 3. The van der Waals surface area contributed by atoms with E-state index in [0.717, 1.165) is 5.82 Å². The minimum atomic E-state index is 0.221. The number of nitrogens with zero attached hydrogens (tertiary/aromatic N) is 1. The molecule has 0 amide bonds. The highest BCUT2D eigenvalue weighted by molar-refractivity contribution is 9.10. The van der Waals surface area contributed by atoms with Crippen molar-refractivity contribution < 1.29 is 0 Å². The standard InChI is InChI=1S/C11H14BrN3S/c1-7(10-9(12)3-6-16-10)15-8(2)11-13-4-5-14-11/h3-8,15H,1-2H3,(H,13,14). The number of hydrogen-bond donors (Lipinski definition) is 2. The fourth-order valence-corrected chi connectivity index (χ4v) is 3.39. The average Bonchev–Trinajstić information content (AvgIpc) is 2.86. The van der Waals surface area contributed by atoms with E-state index in [0.29, 0.717) is 6.04 Å². The summed E-state index contributed by atoms with van der Waals surface area (Å²) >= 11 is 5.31. The Morgan fingerprint density at radius 2 is 2.25 bits per heavy atom. The molecule has 0 radical (unpaired) electrons. The van der Waals surface area contributed by atoms with Crippen molar-refractivity contribution in [3.8, 4) is 0 Å². The highest BCUT2D eigenvalue weighted by Crippen LogP contribution is 2.29. The molecule has 0 bridgehead atoms. The van der Waals surface area contributed by atoms with E-state index in [2.05, 4.69) is 56.5 Å². The first-order chi connectivity index (χ1) is 7.68. The van der Waals surface area contributed by atoms with E-state index in [9.17, 15) is 0 Å². The van der Waals surface area contributed by atoms with Gasteiger partial charge in [0.2, 0.25) is 0 Å².